The Hall–Kier alpha value is -2.47. The van der Waals surface area contributed by atoms with Crippen molar-refractivity contribution in [3.05, 3.63) is 64.2 Å². The maximum atomic E-state index is 13.0. The maximum absolute atomic E-state index is 13.0. The number of ether oxygens (including phenoxy) is 1. The monoisotopic (exact) mass is 371 g/mol. The van der Waals surface area contributed by atoms with Gasteiger partial charge >= 0.3 is 5.97 Å². The number of carbonyl (C=O) groups excluding carboxylic acids is 1. The smallest absolute Gasteiger partial charge is 0.317 e. The molecule has 0 saturated heterocycles. The molecule has 134 valence electrons. The lowest BCUT2D eigenvalue weighted by molar-refractivity contribution is -0.152. The molecule has 1 aliphatic rings. The molecule has 26 heavy (non-hydrogen) atoms. The van der Waals surface area contributed by atoms with Crippen LogP contribution in [0, 0.1) is 5.82 Å². The first-order chi connectivity index (χ1) is 12.7. The van der Waals surface area contributed by atoms with Crippen LogP contribution in [0.1, 0.15) is 36.3 Å². The van der Waals surface area contributed by atoms with Crippen LogP contribution in [-0.4, -0.2) is 11.1 Å². The zero-order valence-corrected chi connectivity index (χ0v) is 14.9. The van der Waals surface area contributed by atoms with Crippen molar-refractivity contribution in [3.8, 4) is 11.3 Å². The average molecular weight is 371 g/mol. The van der Waals surface area contributed by atoms with Gasteiger partial charge < -0.3 is 9.26 Å². The van der Waals surface area contributed by atoms with Crippen LogP contribution in [0.15, 0.2) is 52.4 Å². The van der Waals surface area contributed by atoms with Crippen molar-refractivity contribution in [2.75, 3.05) is 0 Å². The van der Waals surface area contributed by atoms with Crippen LogP contribution in [0.25, 0.3) is 11.3 Å². The molecule has 0 atom stereocenters. The van der Waals surface area contributed by atoms with Gasteiger partial charge in [0.05, 0.1) is 0 Å². The third-order valence-corrected chi connectivity index (χ3v) is 5.95. The van der Waals surface area contributed by atoms with E-state index in [1.54, 1.807) is 29.5 Å². The molecule has 4 rings (SSSR count). The highest BCUT2D eigenvalue weighted by atomic mass is 32.1. The number of halogens is 1. The van der Waals surface area contributed by atoms with Crippen molar-refractivity contribution in [2.45, 2.75) is 37.7 Å². The first kappa shape index (κ1) is 17.0. The van der Waals surface area contributed by atoms with Crippen molar-refractivity contribution in [1.29, 1.82) is 0 Å². The Labute approximate surface area is 154 Å². The Morgan fingerprint density at radius 3 is 2.69 bits per heavy atom. The summed E-state index contributed by atoms with van der Waals surface area (Å²) in [5.74, 6) is 0.0199. The third kappa shape index (κ3) is 3.17. The summed E-state index contributed by atoms with van der Waals surface area (Å²) in [6, 6.07) is 11.7. The van der Waals surface area contributed by atoms with Crippen molar-refractivity contribution in [3.63, 3.8) is 0 Å². The molecule has 1 fully saturated rings. The molecular formula is C20H18FNO3S. The van der Waals surface area contributed by atoms with E-state index in [2.05, 4.69) is 5.16 Å². The minimum Gasteiger partial charge on any atom is -0.458 e. The van der Waals surface area contributed by atoms with Gasteiger partial charge in [0.2, 0.25) is 0 Å². The van der Waals surface area contributed by atoms with E-state index in [1.807, 2.05) is 17.5 Å². The minimum atomic E-state index is -0.516. The number of aromatic nitrogens is 1. The minimum absolute atomic E-state index is 0.0661. The fraction of sp³-hybridized carbons (Fsp3) is 0.300. The summed E-state index contributed by atoms with van der Waals surface area (Å²) in [6.07, 6.45) is 3.72. The van der Waals surface area contributed by atoms with Crippen LogP contribution in [0.3, 0.4) is 0 Å². The molecule has 0 amide bonds. The highest BCUT2D eigenvalue weighted by Gasteiger charge is 2.45. The summed E-state index contributed by atoms with van der Waals surface area (Å²) in [7, 11) is 0. The van der Waals surface area contributed by atoms with Gasteiger partial charge in [-0.2, -0.15) is 0 Å². The molecule has 0 spiro atoms. The van der Waals surface area contributed by atoms with Gasteiger partial charge in [0.15, 0.2) is 5.76 Å². The molecule has 1 aromatic carbocycles. The van der Waals surface area contributed by atoms with Gasteiger partial charge in [-0.05, 0) is 48.6 Å². The molecule has 1 saturated carbocycles. The zero-order chi connectivity index (χ0) is 18.0. The van der Waals surface area contributed by atoms with E-state index in [-0.39, 0.29) is 18.4 Å². The lowest BCUT2D eigenvalue weighted by atomic mass is 9.84. The number of esters is 1. The number of benzene rings is 1. The number of thiophene rings is 1. The molecule has 0 unspecified atom stereocenters. The Morgan fingerprint density at radius 2 is 2.00 bits per heavy atom. The highest BCUT2D eigenvalue weighted by molar-refractivity contribution is 7.10. The normalized spacial score (nSPS) is 15.9. The summed E-state index contributed by atoms with van der Waals surface area (Å²) in [5.41, 5.74) is 0.747. The number of rotatable bonds is 5. The number of nitrogens with zero attached hydrogens (tertiary/aromatic N) is 1. The lowest BCUT2D eigenvalue weighted by Gasteiger charge is -2.25. The molecule has 2 heterocycles. The van der Waals surface area contributed by atoms with E-state index in [1.165, 1.54) is 12.1 Å². The van der Waals surface area contributed by atoms with E-state index in [0.29, 0.717) is 11.5 Å². The molecule has 2 aromatic heterocycles. The van der Waals surface area contributed by atoms with Crippen molar-refractivity contribution in [2.24, 2.45) is 0 Å². The molecule has 0 radical (unpaired) electrons. The summed E-state index contributed by atoms with van der Waals surface area (Å²) >= 11 is 1.61. The Bertz CT molecular complexity index is 880. The molecule has 6 heteroatoms. The molecule has 1 aliphatic carbocycles. The molecular weight excluding hydrogens is 353 g/mol. The Morgan fingerprint density at radius 1 is 1.23 bits per heavy atom. The number of hydrogen-bond donors (Lipinski definition) is 0. The quantitative estimate of drug-likeness (QED) is 0.586. The van der Waals surface area contributed by atoms with Crippen LogP contribution in [-0.2, 0) is 21.6 Å². The van der Waals surface area contributed by atoms with E-state index in [9.17, 15) is 9.18 Å². The van der Waals surface area contributed by atoms with Gasteiger partial charge in [0, 0.05) is 16.5 Å². The van der Waals surface area contributed by atoms with Gasteiger partial charge in [0.25, 0.3) is 0 Å². The maximum Gasteiger partial charge on any atom is 0.317 e. The molecule has 0 bridgehead atoms. The molecule has 4 nitrogen and oxygen atoms in total. The topological polar surface area (TPSA) is 52.3 Å². The van der Waals surface area contributed by atoms with Crippen LogP contribution in [0.5, 0.6) is 0 Å². The molecule has 0 aliphatic heterocycles. The van der Waals surface area contributed by atoms with Crippen molar-refractivity contribution >= 4 is 17.3 Å². The molecule has 3 aromatic rings. The fourth-order valence-electron chi connectivity index (χ4n) is 3.49. The van der Waals surface area contributed by atoms with Crippen LogP contribution < -0.4 is 0 Å². The summed E-state index contributed by atoms with van der Waals surface area (Å²) in [5, 5.41) is 5.95. The van der Waals surface area contributed by atoms with Crippen LogP contribution in [0.2, 0.25) is 0 Å². The van der Waals surface area contributed by atoms with E-state index in [4.69, 9.17) is 9.26 Å². The first-order valence-corrected chi connectivity index (χ1v) is 9.48. The molecule has 0 N–H and O–H groups in total. The number of hydrogen-bond acceptors (Lipinski definition) is 5. The van der Waals surface area contributed by atoms with E-state index in [0.717, 1.165) is 36.1 Å². The lowest BCUT2D eigenvalue weighted by Crippen LogP contribution is -2.33. The number of carbonyl (C=O) groups is 1. The average Bonchev–Trinajstić information content (AvgIpc) is 3.41. The van der Waals surface area contributed by atoms with Gasteiger partial charge in [0.1, 0.15) is 23.5 Å². The van der Waals surface area contributed by atoms with Gasteiger partial charge in [-0.15, -0.1) is 11.3 Å². The fourth-order valence-corrected chi connectivity index (χ4v) is 4.46. The SMILES string of the molecule is O=C(OCc1cc(-c2ccc(F)cc2)on1)C1(c2cccs2)CCCC1. The first-order valence-electron chi connectivity index (χ1n) is 8.60. The summed E-state index contributed by atoms with van der Waals surface area (Å²) in [4.78, 5) is 13.9. The predicted octanol–water partition coefficient (Wildman–Crippen LogP) is 5.10. The predicted molar refractivity (Wildman–Crippen MR) is 96.2 cm³/mol. The van der Waals surface area contributed by atoms with Gasteiger partial charge in [-0.3, -0.25) is 4.79 Å². The second kappa shape index (κ2) is 7.03. The van der Waals surface area contributed by atoms with Gasteiger partial charge in [-0.1, -0.05) is 24.1 Å². The highest BCUT2D eigenvalue weighted by Crippen LogP contribution is 2.44. The van der Waals surface area contributed by atoms with Crippen molar-refractivity contribution < 1.29 is 18.4 Å². The van der Waals surface area contributed by atoms with Crippen molar-refractivity contribution in [1.82, 2.24) is 5.16 Å². The van der Waals surface area contributed by atoms with Crippen LogP contribution in [0.4, 0.5) is 4.39 Å². The van der Waals surface area contributed by atoms with E-state index < -0.39 is 5.41 Å². The third-order valence-electron chi connectivity index (χ3n) is 4.88. The zero-order valence-electron chi connectivity index (χ0n) is 14.1. The summed E-state index contributed by atoms with van der Waals surface area (Å²) in [6.45, 7) is 0.0661. The Kier molecular flexibility index (Phi) is 4.59. The standard InChI is InChI=1S/C20H18FNO3S/c21-15-7-5-14(6-8-15)17-12-16(22-25-17)13-24-19(23)20(9-1-2-10-20)18-4-3-11-26-18/h3-8,11-12H,1-2,9-10,13H2. The second-order valence-electron chi connectivity index (χ2n) is 6.53. The Balaban J connectivity index is 1.45. The largest absolute Gasteiger partial charge is 0.458 e. The van der Waals surface area contributed by atoms with E-state index >= 15 is 0 Å². The summed E-state index contributed by atoms with van der Waals surface area (Å²) < 4.78 is 23.9. The van der Waals surface area contributed by atoms with Gasteiger partial charge in [-0.25, -0.2) is 4.39 Å². The second-order valence-corrected chi connectivity index (χ2v) is 7.48. The van der Waals surface area contributed by atoms with Crippen LogP contribution >= 0.6 is 11.3 Å².